The van der Waals surface area contributed by atoms with Gasteiger partial charge in [-0.1, -0.05) is 24.3 Å². The van der Waals surface area contributed by atoms with Gasteiger partial charge in [-0.2, -0.15) is 0 Å². The number of allylic oxidation sites excluding steroid dienone is 2. The Morgan fingerprint density at radius 3 is 2.39 bits per heavy atom. The molecular formula is C21H21NO6. The molecule has 146 valence electrons. The number of fused-ring (bicyclic) bond motifs is 5. The molecule has 1 aliphatic heterocycles. The van der Waals surface area contributed by atoms with Crippen LogP contribution < -0.4 is 4.74 Å². The van der Waals surface area contributed by atoms with Crippen molar-refractivity contribution in [3.63, 3.8) is 0 Å². The number of rotatable bonds is 6. The number of nitrogens with zero attached hydrogens (tertiary/aromatic N) is 1. The van der Waals surface area contributed by atoms with Crippen molar-refractivity contribution in [2.45, 2.75) is 19.4 Å². The van der Waals surface area contributed by atoms with Crippen LogP contribution in [0.2, 0.25) is 0 Å². The van der Waals surface area contributed by atoms with Crippen molar-refractivity contribution in [2.24, 2.45) is 23.7 Å². The monoisotopic (exact) mass is 383 g/mol. The summed E-state index contributed by atoms with van der Waals surface area (Å²) in [6.07, 6.45) is 4.82. The predicted octanol–water partition coefficient (Wildman–Crippen LogP) is 1.62. The Bertz CT molecular complexity index is 861. The van der Waals surface area contributed by atoms with Crippen molar-refractivity contribution in [1.29, 1.82) is 0 Å². The number of likely N-dealkylation sites (tertiary alicyclic amines) is 1. The summed E-state index contributed by atoms with van der Waals surface area (Å²) in [6.45, 7) is 0.997. The maximum Gasteiger partial charge on any atom is 0.329 e. The Morgan fingerprint density at radius 2 is 1.79 bits per heavy atom. The average molecular weight is 383 g/mol. The Labute approximate surface area is 162 Å². The second-order valence-electron chi connectivity index (χ2n) is 7.49. The number of ketones is 1. The van der Waals surface area contributed by atoms with Crippen molar-refractivity contribution in [3.8, 4) is 5.75 Å². The number of hydrogen-bond acceptors (Lipinski definition) is 6. The summed E-state index contributed by atoms with van der Waals surface area (Å²) < 4.78 is 10.2. The lowest BCUT2D eigenvalue weighted by Crippen LogP contribution is -2.45. The van der Waals surface area contributed by atoms with Crippen molar-refractivity contribution in [3.05, 3.63) is 42.0 Å². The van der Waals surface area contributed by atoms with Crippen molar-refractivity contribution >= 4 is 23.6 Å². The Morgan fingerprint density at radius 1 is 1.14 bits per heavy atom. The molecule has 1 aromatic rings. The molecule has 28 heavy (non-hydrogen) atoms. The minimum atomic E-state index is -1.05. The zero-order valence-electron chi connectivity index (χ0n) is 15.7. The second kappa shape index (κ2) is 6.89. The molecule has 3 unspecified atom stereocenters. The first-order chi connectivity index (χ1) is 13.4. The third-order valence-corrected chi connectivity index (χ3v) is 5.97. The van der Waals surface area contributed by atoms with Gasteiger partial charge in [0.1, 0.15) is 11.8 Å². The highest BCUT2D eigenvalue weighted by molar-refractivity contribution is 6.09. The summed E-state index contributed by atoms with van der Waals surface area (Å²) in [5, 5.41) is 0. The first kappa shape index (κ1) is 18.4. The molecule has 2 amide bonds. The smallest absolute Gasteiger partial charge is 0.329 e. The number of amides is 2. The molecule has 7 heteroatoms. The second-order valence-corrected chi connectivity index (χ2v) is 7.49. The fourth-order valence-corrected chi connectivity index (χ4v) is 4.55. The highest BCUT2D eigenvalue weighted by Crippen LogP contribution is 2.52. The molecule has 1 heterocycles. The zero-order valence-corrected chi connectivity index (χ0v) is 15.7. The standard InChI is InChI=1S/C21H21NO6/c1-11(21(26)28-10-16(23)12-4-3-5-15(9-12)27-2)22-19(24)17-13-6-7-14(8-13)18(17)20(22)25/h3-7,9,11,13-14,17-18H,8,10H2,1-2H3/t11?,13-,14+,17?,18?. The minimum Gasteiger partial charge on any atom is -0.497 e. The van der Waals surface area contributed by atoms with E-state index >= 15 is 0 Å². The average Bonchev–Trinajstić information content (AvgIpc) is 3.39. The van der Waals surface area contributed by atoms with E-state index in [1.165, 1.54) is 14.0 Å². The first-order valence-electron chi connectivity index (χ1n) is 9.31. The normalized spacial score (nSPS) is 28.4. The topological polar surface area (TPSA) is 90.0 Å². The van der Waals surface area contributed by atoms with Crippen LogP contribution >= 0.6 is 0 Å². The molecule has 2 fully saturated rings. The Balaban J connectivity index is 1.39. The highest BCUT2D eigenvalue weighted by atomic mass is 16.5. The molecule has 3 aliphatic rings. The minimum absolute atomic E-state index is 0.0781. The first-order valence-corrected chi connectivity index (χ1v) is 9.31. The van der Waals surface area contributed by atoms with Crippen molar-refractivity contribution in [2.75, 3.05) is 13.7 Å². The number of ether oxygens (including phenoxy) is 2. The summed E-state index contributed by atoms with van der Waals surface area (Å²) in [6, 6.07) is 5.47. The van der Waals surface area contributed by atoms with Crippen LogP contribution in [0.25, 0.3) is 0 Å². The number of carbonyl (C=O) groups excluding carboxylic acids is 4. The van der Waals surface area contributed by atoms with E-state index in [4.69, 9.17) is 9.47 Å². The van der Waals surface area contributed by atoms with Crippen LogP contribution in [-0.2, 0) is 19.1 Å². The SMILES string of the molecule is COc1cccc(C(=O)COC(=O)C(C)N2C(=O)C3C(C2=O)[C@H]2C=C[C@@H]3C2)c1. The van der Waals surface area contributed by atoms with E-state index in [1.54, 1.807) is 24.3 Å². The molecule has 7 nitrogen and oxygen atoms in total. The lowest BCUT2D eigenvalue weighted by Gasteiger charge is -2.23. The van der Waals surface area contributed by atoms with Crippen LogP contribution in [0.3, 0.4) is 0 Å². The van der Waals surface area contributed by atoms with Crippen molar-refractivity contribution in [1.82, 2.24) is 4.90 Å². The number of esters is 1. The van der Waals surface area contributed by atoms with Gasteiger partial charge in [-0.05, 0) is 37.3 Å². The fraction of sp³-hybridized carbons (Fsp3) is 0.429. The fourth-order valence-electron chi connectivity index (χ4n) is 4.55. The summed E-state index contributed by atoms with van der Waals surface area (Å²) in [4.78, 5) is 51.2. The highest BCUT2D eigenvalue weighted by Gasteiger charge is 2.60. The molecule has 1 aromatic carbocycles. The molecule has 0 aromatic heterocycles. The zero-order chi connectivity index (χ0) is 20.0. The maximum atomic E-state index is 12.7. The largest absolute Gasteiger partial charge is 0.497 e. The third-order valence-electron chi connectivity index (χ3n) is 5.97. The van der Waals surface area contributed by atoms with Gasteiger partial charge < -0.3 is 9.47 Å². The number of carbonyl (C=O) groups is 4. The van der Waals surface area contributed by atoms with Gasteiger partial charge >= 0.3 is 5.97 Å². The van der Waals surface area contributed by atoms with E-state index in [2.05, 4.69) is 0 Å². The number of benzene rings is 1. The quantitative estimate of drug-likeness (QED) is 0.321. The van der Waals surface area contributed by atoms with Crippen LogP contribution in [-0.4, -0.2) is 48.2 Å². The summed E-state index contributed by atoms with van der Waals surface area (Å²) in [5.41, 5.74) is 0.352. The van der Waals surface area contributed by atoms with Crippen LogP contribution in [0.5, 0.6) is 5.75 Å². The van der Waals surface area contributed by atoms with Gasteiger partial charge in [-0.3, -0.25) is 19.3 Å². The molecule has 2 bridgehead atoms. The lowest BCUT2D eigenvalue weighted by molar-refractivity contribution is -0.157. The van der Waals surface area contributed by atoms with Crippen LogP contribution in [0.4, 0.5) is 0 Å². The van der Waals surface area contributed by atoms with Crippen LogP contribution in [0.15, 0.2) is 36.4 Å². The van der Waals surface area contributed by atoms with Crippen LogP contribution in [0.1, 0.15) is 23.7 Å². The lowest BCUT2D eigenvalue weighted by atomic mass is 9.85. The maximum absolute atomic E-state index is 12.7. The molecule has 1 saturated heterocycles. The van der Waals surface area contributed by atoms with E-state index in [0.717, 1.165) is 11.3 Å². The molecule has 5 atom stereocenters. The number of Topliss-reactive ketones (excluding diaryl/α,β-unsaturated/α-hetero) is 1. The van der Waals surface area contributed by atoms with E-state index in [1.807, 2.05) is 12.2 Å². The van der Waals surface area contributed by atoms with E-state index in [0.29, 0.717) is 11.3 Å². The van der Waals surface area contributed by atoms with Gasteiger partial charge in [0.25, 0.3) is 0 Å². The van der Waals surface area contributed by atoms with Crippen molar-refractivity contribution < 1.29 is 28.7 Å². The van der Waals surface area contributed by atoms with Crippen LogP contribution in [0, 0.1) is 23.7 Å². The molecular weight excluding hydrogens is 362 g/mol. The van der Waals surface area contributed by atoms with Gasteiger partial charge in [-0.15, -0.1) is 0 Å². The molecule has 0 spiro atoms. The van der Waals surface area contributed by atoms with Gasteiger partial charge in [0, 0.05) is 5.56 Å². The molecule has 1 saturated carbocycles. The molecule has 0 N–H and O–H groups in total. The number of methoxy groups -OCH3 is 1. The predicted molar refractivity (Wildman–Crippen MR) is 97.3 cm³/mol. The van der Waals surface area contributed by atoms with Gasteiger partial charge in [0.05, 0.1) is 18.9 Å². The Hall–Kier alpha value is -2.96. The van der Waals surface area contributed by atoms with E-state index in [9.17, 15) is 19.2 Å². The summed E-state index contributed by atoms with van der Waals surface area (Å²) in [5.74, 6) is -1.83. The summed E-state index contributed by atoms with van der Waals surface area (Å²) in [7, 11) is 1.49. The van der Waals surface area contributed by atoms with E-state index in [-0.39, 0.29) is 35.5 Å². The van der Waals surface area contributed by atoms with E-state index < -0.39 is 24.4 Å². The van der Waals surface area contributed by atoms with Gasteiger partial charge in [0.15, 0.2) is 12.4 Å². The molecule has 2 aliphatic carbocycles. The molecule has 0 radical (unpaired) electrons. The summed E-state index contributed by atoms with van der Waals surface area (Å²) >= 11 is 0. The third kappa shape index (κ3) is 2.82. The number of imide groups is 1. The Kier molecular flexibility index (Phi) is 4.53. The van der Waals surface area contributed by atoms with Gasteiger partial charge in [-0.25, -0.2) is 4.79 Å². The molecule has 4 rings (SSSR count). The number of hydrogen-bond donors (Lipinski definition) is 0. The van der Waals surface area contributed by atoms with Gasteiger partial charge in [0.2, 0.25) is 11.8 Å².